The Hall–Kier alpha value is -3.42. The number of ether oxygens (including phenoxy) is 4. The second kappa shape index (κ2) is 8.52. The molecule has 8 nitrogen and oxygen atoms in total. The van der Waals surface area contributed by atoms with Gasteiger partial charge in [0.15, 0.2) is 23.0 Å². The minimum absolute atomic E-state index is 0.101. The second-order valence-corrected chi connectivity index (χ2v) is 6.96. The van der Waals surface area contributed by atoms with Crippen LogP contribution in [0.5, 0.6) is 23.0 Å². The largest absolute Gasteiger partial charge is 0.490 e. The highest BCUT2D eigenvalue weighted by Crippen LogP contribution is 2.37. The molecule has 158 valence electrons. The smallest absolute Gasteiger partial charge is 0.231 e. The number of anilines is 2. The first-order valence-electron chi connectivity index (χ1n) is 9.99. The van der Waals surface area contributed by atoms with Crippen molar-refractivity contribution in [3.05, 3.63) is 36.4 Å². The molecule has 0 saturated carbocycles. The number of carbonyl (C=O) groups is 2. The Kier molecular flexibility index (Phi) is 5.65. The summed E-state index contributed by atoms with van der Waals surface area (Å²) in [7, 11) is 0. The molecular weight excluding hydrogens is 388 g/mol. The van der Waals surface area contributed by atoms with Crippen molar-refractivity contribution in [1.82, 2.24) is 0 Å². The summed E-state index contributed by atoms with van der Waals surface area (Å²) >= 11 is 0. The maximum Gasteiger partial charge on any atom is 0.231 e. The van der Waals surface area contributed by atoms with Crippen LogP contribution < -0.4 is 29.2 Å². The fraction of sp³-hybridized carbons (Fsp3) is 0.364. The summed E-state index contributed by atoms with van der Waals surface area (Å²) < 4.78 is 21.8. The van der Waals surface area contributed by atoms with Crippen molar-refractivity contribution in [2.75, 3.05) is 36.8 Å². The van der Waals surface area contributed by atoms with Crippen LogP contribution in [-0.4, -0.2) is 38.4 Å². The predicted octanol–water partition coefficient (Wildman–Crippen LogP) is 3.20. The van der Waals surface area contributed by atoms with Gasteiger partial charge >= 0.3 is 0 Å². The molecule has 2 amide bonds. The van der Waals surface area contributed by atoms with Crippen molar-refractivity contribution < 1.29 is 28.5 Å². The molecule has 0 aromatic heterocycles. The number of fused-ring (bicyclic) bond motifs is 1. The van der Waals surface area contributed by atoms with Crippen molar-refractivity contribution in [3.63, 3.8) is 0 Å². The maximum atomic E-state index is 12.8. The molecule has 2 aliphatic heterocycles. The van der Waals surface area contributed by atoms with Gasteiger partial charge in [-0.25, -0.2) is 0 Å². The number of carbonyl (C=O) groups excluding carboxylic acids is 2. The Morgan fingerprint density at radius 3 is 2.63 bits per heavy atom. The molecule has 0 bridgehead atoms. The summed E-state index contributed by atoms with van der Waals surface area (Å²) in [5.74, 6) is 1.69. The second-order valence-electron chi connectivity index (χ2n) is 6.96. The minimum Gasteiger partial charge on any atom is -0.490 e. The van der Waals surface area contributed by atoms with Gasteiger partial charge in [0, 0.05) is 36.5 Å². The monoisotopic (exact) mass is 412 g/mol. The van der Waals surface area contributed by atoms with E-state index >= 15 is 0 Å². The molecule has 1 N–H and O–H groups in total. The zero-order valence-corrected chi connectivity index (χ0v) is 17.0. The van der Waals surface area contributed by atoms with Gasteiger partial charge in [0.25, 0.3) is 0 Å². The quantitative estimate of drug-likeness (QED) is 0.752. The van der Waals surface area contributed by atoms with Gasteiger partial charge in [-0.2, -0.15) is 0 Å². The molecule has 2 heterocycles. The summed E-state index contributed by atoms with van der Waals surface area (Å²) in [5, 5.41) is 2.89. The molecule has 0 radical (unpaired) electrons. The fourth-order valence-corrected chi connectivity index (χ4v) is 3.56. The first-order chi connectivity index (χ1) is 14.6. The number of benzene rings is 2. The van der Waals surface area contributed by atoms with Gasteiger partial charge in [-0.3, -0.25) is 9.59 Å². The van der Waals surface area contributed by atoms with Crippen LogP contribution in [-0.2, 0) is 9.59 Å². The third-order valence-corrected chi connectivity index (χ3v) is 4.97. The van der Waals surface area contributed by atoms with E-state index < -0.39 is 5.92 Å². The van der Waals surface area contributed by atoms with E-state index in [2.05, 4.69) is 5.32 Å². The lowest BCUT2D eigenvalue weighted by Gasteiger charge is -2.17. The number of nitrogens with one attached hydrogen (secondary N) is 1. The summed E-state index contributed by atoms with van der Waals surface area (Å²) in [6.45, 7) is 5.26. The molecule has 30 heavy (non-hydrogen) atoms. The topological polar surface area (TPSA) is 86.3 Å². The van der Waals surface area contributed by atoms with Gasteiger partial charge < -0.3 is 29.2 Å². The Labute approximate surface area is 174 Å². The van der Waals surface area contributed by atoms with Gasteiger partial charge in [0.2, 0.25) is 18.6 Å². The summed E-state index contributed by atoms with van der Waals surface area (Å²) in [4.78, 5) is 26.9. The molecule has 1 fully saturated rings. The van der Waals surface area contributed by atoms with Gasteiger partial charge in [0.1, 0.15) is 0 Å². The number of rotatable bonds is 7. The molecule has 0 spiro atoms. The highest BCUT2D eigenvalue weighted by molar-refractivity contribution is 6.03. The van der Waals surface area contributed by atoms with Crippen LogP contribution in [0.2, 0.25) is 0 Å². The Morgan fingerprint density at radius 1 is 1.07 bits per heavy atom. The van der Waals surface area contributed by atoms with Crippen LogP contribution in [0.25, 0.3) is 0 Å². The lowest BCUT2D eigenvalue weighted by atomic mass is 10.1. The highest BCUT2D eigenvalue weighted by Gasteiger charge is 2.35. The maximum absolute atomic E-state index is 12.8. The van der Waals surface area contributed by atoms with Gasteiger partial charge in [0.05, 0.1) is 19.1 Å². The average Bonchev–Trinajstić information content (AvgIpc) is 3.36. The molecule has 1 saturated heterocycles. The predicted molar refractivity (Wildman–Crippen MR) is 110 cm³/mol. The zero-order chi connectivity index (χ0) is 21.1. The van der Waals surface area contributed by atoms with E-state index in [1.165, 1.54) is 0 Å². The highest BCUT2D eigenvalue weighted by atomic mass is 16.7. The summed E-state index contributed by atoms with van der Waals surface area (Å²) in [6, 6.07) is 10.6. The number of amides is 2. The van der Waals surface area contributed by atoms with E-state index in [-0.39, 0.29) is 25.0 Å². The van der Waals surface area contributed by atoms with Gasteiger partial charge in [-0.1, -0.05) is 0 Å². The van der Waals surface area contributed by atoms with E-state index in [0.29, 0.717) is 54.1 Å². The van der Waals surface area contributed by atoms with Crippen molar-refractivity contribution >= 4 is 23.2 Å². The van der Waals surface area contributed by atoms with Gasteiger partial charge in [-0.05, 0) is 38.1 Å². The zero-order valence-electron chi connectivity index (χ0n) is 17.0. The van der Waals surface area contributed by atoms with E-state index in [1.807, 2.05) is 13.8 Å². The van der Waals surface area contributed by atoms with Crippen LogP contribution in [0.1, 0.15) is 20.3 Å². The normalized spacial score (nSPS) is 17.2. The molecule has 1 atom stereocenters. The Bertz CT molecular complexity index is 961. The van der Waals surface area contributed by atoms with Gasteiger partial charge in [-0.15, -0.1) is 0 Å². The SMILES string of the molecule is CCOc1ccc(NC(=O)C2CC(=O)N(c3ccc4c(c3)OCO4)C2)cc1OCC. The van der Waals surface area contributed by atoms with Crippen molar-refractivity contribution in [2.45, 2.75) is 20.3 Å². The van der Waals surface area contributed by atoms with Crippen LogP contribution in [0.4, 0.5) is 11.4 Å². The molecule has 8 heteroatoms. The third kappa shape index (κ3) is 3.98. The molecule has 0 aliphatic carbocycles. The van der Waals surface area contributed by atoms with Crippen molar-refractivity contribution in [1.29, 1.82) is 0 Å². The van der Waals surface area contributed by atoms with Crippen LogP contribution in [0, 0.1) is 5.92 Å². The Morgan fingerprint density at radius 2 is 1.83 bits per heavy atom. The molecule has 2 aliphatic rings. The number of nitrogens with zero attached hydrogens (tertiary/aromatic N) is 1. The molecule has 2 aromatic carbocycles. The van der Waals surface area contributed by atoms with E-state index in [1.54, 1.807) is 41.3 Å². The molecule has 2 aromatic rings. The first kappa shape index (κ1) is 19.9. The van der Waals surface area contributed by atoms with E-state index in [4.69, 9.17) is 18.9 Å². The number of hydrogen-bond acceptors (Lipinski definition) is 6. The third-order valence-electron chi connectivity index (χ3n) is 4.97. The fourth-order valence-electron chi connectivity index (χ4n) is 3.56. The van der Waals surface area contributed by atoms with Crippen molar-refractivity contribution in [3.8, 4) is 23.0 Å². The summed E-state index contributed by atoms with van der Waals surface area (Å²) in [5.41, 5.74) is 1.29. The van der Waals surface area contributed by atoms with E-state index in [9.17, 15) is 9.59 Å². The minimum atomic E-state index is -0.454. The van der Waals surface area contributed by atoms with Crippen molar-refractivity contribution in [2.24, 2.45) is 5.92 Å². The summed E-state index contributed by atoms with van der Waals surface area (Å²) in [6.07, 6.45) is 0.148. The lowest BCUT2D eigenvalue weighted by molar-refractivity contribution is -0.122. The molecular formula is C22H24N2O6. The molecule has 4 rings (SSSR count). The standard InChI is InChI=1S/C22H24N2O6/c1-3-27-17-7-5-15(10-19(17)28-4-2)23-22(26)14-9-21(25)24(12-14)16-6-8-18-20(11-16)30-13-29-18/h5-8,10-11,14H,3-4,9,12-13H2,1-2H3,(H,23,26). The lowest BCUT2D eigenvalue weighted by Crippen LogP contribution is -2.28. The van der Waals surface area contributed by atoms with Crippen LogP contribution in [0.3, 0.4) is 0 Å². The van der Waals surface area contributed by atoms with Crippen LogP contribution >= 0.6 is 0 Å². The Balaban J connectivity index is 1.44. The molecule has 1 unspecified atom stereocenters. The average molecular weight is 412 g/mol. The van der Waals surface area contributed by atoms with E-state index in [0.717, 1.165) is 0 Å². The first-order valence-corrected chi connectivity index (χ1v) is 9.99. The number of hydrogen-bond donors (Lipinski definition) is 1. The van der Waals surface area contributed by atoms with Crippen LogP contribution in [0.15, 0.2) is 36.4 Å².